The SMILES string of the molecule is O=S(=O)(CC(Br)C(F)(F)F)c1ccccc1Br. The summed E-state index contributed by atoms with van der Waals surface area (Å²) >= 11 is 5.33. The smallest absolute Gasteiger partial charge is 0.224 e. The van der Waals surface area contributed by atoms with E-state index >= 15 is 0 Å². The Balaban J connectivity index is 3.03. The quantitative estimate of drug-likeness (QED) is 0.733. The lowest BCUT2D eigenvalue weighted by molar-refractivity contribution is -0.123. The second-order valence-electron chi connectivity index (χ2n) is 3.22. The first kappa shape index (κ1) is 15.0. The van der Waals surface area contributed by atoms with E-state index in [9.17, 15) is 21.6 Å². The molecule has 1 atom stereocenters. The zero-order valence-corrected chi connectivity index (χ0v) is 12.2. The maximum Gasteiger partial charge on any atom is 0.402 e. The molecule has 1 rings (SSSR count). The molecule has 0 aliphatic heterocycles. The van der Waals surface area contributed by atoms with E-state index in [1.165, 1.54) is 18.2 Å². The Morgan fingerprint density at radius 1 is 1.24 bits per heavy atom. The van der Waals surface area contributed by atoms with Gasteiger partial charge in [-0.15, -0.1) is 0 Å². The predicted molar refractivity (Wildman–Crippen MR) is 65.0 cm³/mol. The molecule has 0 saturated heterocycles. The largest absolute Gasteiger partial charge is 0.402 e. The molecule has 0 fully saturated rings. The van der Waals surface area contributed by atoms with Gasteiger partial charge in [-0.05, 0) is 28.1 Å². The zero-order valence-electron chi connectivity index (χ0n) is 8.21. The van der Waals surface area contributed by atoms with E-state index in [2.05, 4.69) is 31.9 Å². The van der Waals surface area contributed by atoms with Gasteiger partial charge in [-0.2, -0.15) is 13.2 Å². The second kappa shape index (κ2) is 5.27. The molecule has 0 N–H and O–H groups in total. The van der Waals surface area contributed by atoms with Crippen LogP contribution in [0, 0.1) is 0 Å². The van der Waals surface area contributed by atoms with Gasteiger partial charge in [-0.25, -0.2) is 8.42 Å². The van der Waals surface area contributed by atoms with Gasteiger partial charge < -0.3 is 0 Å². The van der Waals surface area contributed by atoms with Crippen LogP contribution in [0.25, 0.3) is 0 Å². The third kappa shape index (κ3) is 3.96. The van der Waals surface area contributed by atoms with E-state index < -0.39 is 26.6 Å². The van der Waals surface area contributed by atoms with E-state index in [1.54, 1.807) is 6.07 Å². The van der Waals surface area contributed by atoms with Crippen LogP contribution in [0.1, 0.15) is 0 Å². The van der Waals surface area contributed by atoms with Crippen molar-refractivity contribution in [3.8, 4) is 0 Å². The summed E-state index contributed by atoms with van der Waals surface area (Å²) in [5, 5.41) is 0. The molecular formula is C9H7Br2F3O2S. The van der Waals surface area contributed by atoms with Gasteiger partial charge in [-0.3, -0.25) is 0 Å². The Morgan fingerprint density at radius 2 is 1.76 bits per heavy atom. The van der Waals surface area contributed by atoms with Crippen molar-refractivity contribution < 1.29 is 21.6 Å². The van der Waals surface area contributed by atoms with Crippen LogP contribution < -0.4 is 0 Å². The molecule has 0 spiro atoms. The molecule has 0 aromatic heterocycles. The van der Waals surface area contributed by atoms with Gasteiger partial charge in [0.25, 0.3) is 0 Å². The van der Waals surface area contributed by atoms with Crippen LogP contribution in [-0.2, 0) is 9.84 Å². The van der Waals surface area contributed by atoms with Crippen molar-refractivity contribution in [2.75, 3.05) is 5.75 Å². The van der Waals surface area contributed by atoms with Crippen LogP contribution in [0.4, 0.5) is 13.2 Å². The number of hydrogen-bond acceptors (Lipinski definition) is 2. The summed E-state index contributed by atoms with van der Waals surface area (Å²) in [6.07, 6.45) is -4.59. The zero-order chi connectivity index (χ0) is 13.3. The van der Waals surface area contributed by atoms with Gasteiger partial charge in [0.1, 0.15) is 4.83 Å². The standard InChI is InChI=1S/C9H7Br2F3O2S/c10-6-3-1-2-4-7(6)17(15,16)5-8(11)9(12,13)14/h1-4,8H,5H2. The van der Waals surface area contributed by atoms with Gasteiger partial charge in [-0.1, -0.05) is 28.1 Å². The van der Waals surface area contributed by atoms with E-state index in [4.69, 9.17) is 0 Å². The molecule has 0 radical (unpaired) electrons. The monoisotopic (exact) mass is 394 g/mol. The number of rotatable bonds is 3. The van der Waals surface area contributed by atoms with Crippen molar-refractivity contribution in [2.24, 2.45) is 0 Å². The van der Waals surface area contributed by atoms with Crippen LogP contribution in [0.5, 0.6) is 0 Å². The first-order valence-electron chi connectivity index (χ1n) is 4.32. The topological polar surface area (TPSA) is 34.1 Å². The number of sulfone groups is 1. The van der Waals surface area contributed by atoms with Gasteiger partial charge in [0.15, 0.2) is 9.84 Å². The van der Waals surface area contributed by atoms with E-state index in [0.717, 1.165) is 0 Å². The third-order valence-corrected chi connectivity index (χ3v) is 5.92. The number of benzene rings is 1. The van der Waals surface area contributed by atoms with Gasteiger partial charge in [0.2, 0.25) is 0 Å². The Hall–Kier alpha value is -0.0800. The molecule has 1 aromatic rings. The minimum absolute atomic E-state index is 0.145. The lowest BCUT2D eigenvalue weighted by atomic mass is 10.4. The van der Waals surface area contributed by atoms with Crippen LogP contribution >= 0.6 is 31.9 Å². The highest BCUT2D eigenvalue weighted by Crippen LogP contribution is 2.30. The minimum atomic E-state index is -4.59. The van der Waals surface area contributed by atoms with Crippen molar-refractivity contribution >= 4 is 41.7 Å². The normalized spacial score (nSPS) is 14.6. The molecule has 0 aliphatic rings. The van der Waals surface area contributed by atoms with Gasteiger partial charge in [0.05, 0.1) is 10.6 Å². The minimum Gasteiger partial charge on any atom is -0.224 e. The summed E-state index contributed by atoms with van der Waals surface area (Å²) in [4.78, 5) is -2.22. The molecule has 1 unspecified atom stereocenters. The Morgan fingerprint density at radius 3 is 2.24 bits per heavy atom. The van der Waals surface area contributed by atoms with Crippen molar-refractivity contribution in [3.05, 3.63) is 28.7 Å². The highest BCUT2D eigenvalue weighted by Gasteiger charge is 2.41. The molecule has 0 heterocycles. The molecule has 8 heteroatoms. The van der Waals surface area contributed by atoms with E-state index in [1.807, 2.05) is 0 Å². The second-order valence-corrected chi connectivity index (χ2v) is 7.18. The molecule has 1 aromatic carbocycles. The van der Waals surface area contributed by atoms with Crippen LogP contribution in [0.2, 0.25) is 0 Å². The number of alkyl halides is 4. The maximum absolute atomic E-state index is 12.3. The highest BCUT2D eigenvalue weighted by molar-refractivity contribution is 9.10. The van der Waals surface area contributed by atoms with E-state index in [-0.39, 0.29) is 9.37 Å². The Kier molecular flexibility index (Phi) is 4.65. The molecule has 0 aliphatic carbocycles. The predicted octanol–water partition coefficient (Wildman–Crippen LogP) is 3.55. The van der Waals surface area contributed by atoms with Crippen LogP contribution in [0.15, 0.2) is 33.6 Å². The third-order valence-electron chi connectivity index (χ3n) is 1.89. The summed E-state index contributed by atoms with van der Waals surface area (Å²) in [7, 11) is -3.99. The van der Waals surface area contributed by atoms with Crippen molar-refractivity contribution in [2.45, 2.75) is 15.9 Å². The van der Waals surface area contributed by atoms with Crippen LogP contribution in [-0.4, -0.2) is 25.2 Å². The van der Waals surface area contributed by atoms with Crippen molar-refractivity contribution in [3.63, 3.8) is 0 Å². The lowest BCUT2D eigenvalue weighted by Gasteiger charge is -2.14. The molecule has 17 heavy (non-hydrogen) atoms. The summed E-state index contributed by atoms with van der Waals surface area (Å²) in [5.41, 5.74) is 0. The summed E-state index contributed by atoms with van der Waals surface area (Å²) in [6.45, 7) is 0. The highest BCUT2D eigenvalue weighted by atomic mass is 79.9. The fourth-order valence-electron chi connectivity index (χ4n) is 1.07. The molecule has 96 valence electrons. The fraction of sp³-hybridized carbons (Fsp3) is 0.333. The average molecular weight is 396 g/mol. The molecule has 2 nitrogen and oxygen atoms in total. The Labute approximate surface area is 113 Å². The molecular weight excluding hydrogens is 389 g/mol. The lowest BCUT2D eigenvalue weighted by Crippen LogP contribution is -2.30. The van der Waals surface area contributed by atoms with Gasteiger partial charge in [0, 0.05) is 4.47 Å². The first-order chi connectivity index (χ1) is 7.64. The summed E-state index contributed by atoms with van der Waals surface area (Å²) in [5.74, 6) is -1.03. The molecule has 0 bridgehead atoms. The van der Waals surface area contributed by atoms with Crippen molar-refractivity contribution in [1.29, 1.82) is 0 Å². The van der Waals surface area contributed by atoms with Crippen molar-refractivity contribution in [1.82, 2.24) is 0 Å². The summed E-state index contributed by atoms with van der Waals surface area (Å²) in [6, 6.07) is 5.76. The molecule has 0 saturated carbocycles. The summed E-state index contributed by atoms with van der Waals surface area (Å²) < 4.78 is 60.6. The maximum atomic E-state index is 12.3. The number of hydrogen-bond donors (Lipinski definition) is 0. The Bertz CT molecular complexity index is 499. The van der Waals surface area contributed by atoms with E-state index in [0.29, 0.717) is 0 Å². The average Bonchev–Trinajstić information content (AvgIpc) is 2.15. The van der Waals surface area contributed by atoms with Crippen LogP contribution in [0.3, 0.4) is 0 Å². The first-order valence-corrected chi connectivity index (χ1v) is 7.69. The number of halogens is 5. The fourth-order valence-corrected chi connectivity index (χ4v) is 4.55. The molecule has 0 amide bonds. The van der Waals surface area contributed by atoms with Gasteiger partial charge >= 0.3 is 6.18 Å².